The molecule has 1 aromatic heterocycles. The van der Waals surface area contributed by atoms with Gasteiger partial charge in [-0.25, -0.2) is 4.79 Å². The zero-order valence-electron chi connectivity index (χ0n) is 13.7. The van der Waals surface area contributed by atoms with Crippen LogP contribution in [0.3, 0.4) is 0 Å². The lowest BCUT2D eigenvalue weighted by Gasteiger charge is -2.34. The average Bonchev–Trinajstić information content (AvgIpc) is 3.10. The van der Waals surface area contributed by atoms with E-state index in [0.717, 1.165) is 26.3 Å². The number of thiophene rings is 1. The number of hydrogen-bond acceptors (Lipinski definition) is 5. The molecule has 6 nitrogen and oxygen atoms in total. The third-order valence-corrected chi connectivity index (χ3v) is 4.89. The fourth-order valence-electron chi connectivity index (χ4n) is 2.63. The molecule has 2 rings (SSSR count). The number of urea groups is 1. The van der Waals surface area contributed by atoms with E-state index in [2.05, 4.69) is 27.7 Å². The molecule has 1 saturated heterocycles. The van der Waals surface area contributed by atoms with Crippen LogP contribution in [0, 0.1) is 17.2 Å². The van der Waals surface area contributed by atoms with E-state index in [9.17, 15) is 4.79 Å². The van der Waals surface area contributed by atoms with E-state index >= 15 is 0 Å². The molecule has 0 aliphatic carbocycles. The Kier molecular flexibility index (Phi) is 6.84. The molecule has 1 aliphatic rings. The molecule has 1 N–H and O–H groups in total. The Bertz CT molecular complexity index is 523. The predicted octanol–water partition coefficient (Wildman–Crippen LogP) is 1.92. The van der Waals surface area contributed by atoms with Gasteiger partial charge in [0.15, 0.2) is 0 Å². The predicted molar refractivity (Wildman–Crippen MR) is 90.3 cm³/mol. The first kappa shape index (κ1) is 17.7. The first-order valence-corrected chi connectivity index (χ1v) is 8.73. The Morgan fingerprint density at radius 1 is 1.57 bits per heavy atom. The Morgan fingerprint density at radius 3 is 2.91 bits per heavy atom. The van der Waals surface area contributed by atoms with Gasteiger partial charge in [0, 0.05) is 38.1 Å². The van der Waals surface area contributed by atoms with Gasteiger partial charge < -0.3 is 15.0 Å². The highest BCUT2D eigenvalue weighted by atomic mass is 32.1. The van der Waals surface area contributed by atoms with Gasteiger partial charge in [0.1, 0.15) is 0 Å². The van der Waals surface area contributed by atoms with Crippen molar-refractivity contribution in [2.75, 3.05) is 46.4 Å². The SMILES string of the molecule is C[C@H](C#N)CN(C)C(=O)NC[C@H](c1cccs1)N1CCOCC1. The minimum Gasteiger partial charge on any atom is -0.379 e. The maximum atomic E-state index is 12.2. The van der Waals surface area contributed by atoms with Crippen LogP contribution in [0.25, 0.3) is 0 Å². The summed E-state index contributed by atoms with van der Waals surface area (Å²) in [5.74, 6) is -0.168. The number of morpholine rings is 1. The van der Waals surface area contributed by atoms with E-state index in [4.69, 9.17) is 10.00 Å². The largest absolute Gasteiger partial charge is 0.379 e. The number of hydrogen-bond donors (Lipinski definition) is 1. The van der Waals surface area contributed by atoms with Crippen LogP contribution in [0.1, 0.15) is 17.8 Å². The van der Waals surface area contributed by atoms with Gasteiger partial charge in [0.2, 0.25) is 0 Å². The fraction of sp³-hybridized carbons (Fsp3) is 0.625. The third-order valence-electron chi connectivity index (χ3n) is 3.92. The van der Waals surface area contributed by atoms with E-state index in [1.807, 2.05) is 13.0 Å². The average molecular weight is 336 g/mol. The first-order valence-electron chi connectivity index (χ1n) is 7.85. The fourth-order valence-corrected chi connectivity index (χ4v) is 3.49. The number of carbonyl (C=O) groups is 1. The van der Waals surface area contributed by atoms with Crippen molar-refractivity contribution in [1.82, 2.24) is 15.1 Å². The highest BCUT2D eigenvalue weighted by molar-refractivity contribution is 7.10. The van der Waals surface area contributed by atoms with E-state index < -0.39 is 0 Å². The van der Waals surface area contributed by atoms with Gasteiger partial charge in [-0.2, -0.15) is 5.26 Å². The van der Waals surface area contributed by atoms with Crippen LogP contribution in [-0.2, 0) is 4.74 Å². The van der Waals surface area contributed by atoms with Crippen molar-refractivity contribution >= 4 is 17.4 Å². The minimum absolute atomic E-state index is 0.137. The quantitative estimate of drug-likeness (QED) is 0.862. The van der Waals surface area contributed by atoms with Gasteiger partial charge in [0.25, 0.3) is 0 Å². The second-order valence-electron chi connectivity index (χ2n) is 5.78. The number of rotatable bonds is 6. The lowest BCUT2D eigenvalue weighted by Crippen LogP contribution is -2.46. The lowest BCUT2D eigenvalue weighted by atomic mass is 10.2. The van der Waals surface area contributed by atoms with Crippen molar-refractivity contribution < 1.29 is 9.53 Å². The molecule has 1 fully saturated rings. The molecular weight excluding hydrogens is 312 g/mol. The molecule has 0 aromatic carbocycles. The Hall–Kier alpha value is -1.62. The molecular formula is C16H24N4O2S. The van der Waals surface area contributed by atoms with Crippen molar-refractivity contribution in [3.8, 4) is 6.07 Å². The van der Waals surface area contributed by atoms with Crippen molar-refractivity contribution in [1.29, 1.82) is 5.26 Å². The topological polar surface area (TPSA) is 68.6 Å². The van der Waals surface area contributed by atoms with Crippen LogP contribution in [0.4, 0.5) is 4.79 Å². The van der Waals surface area contributed by atoms with Crippen LogP contribution in [-0.4, -0.2) is 62.3 Å². The molecule has 0 saturated carbocycles. The van der Waals surface area contributed by atoms with Gasteiger partial charge >= 0.3 is 6.03 Å². The summed E-state index contributed by atoms with van der Waals surface area (Å²) in [5, 5.41) is 13.9. The standard InChI is InChI=1S/C16H24N4O2S/c1-13(10-17)12-19(2)16(21)18-11-14(15-4-3-9-23-15)20-5-7-22-8-6-20/h3-4,9,13-14H,5-8,11-12H2,1-2H3,(H,18,21)/t13-,14-/m1/s1. The van der Waals surface area contributed by atoms with Gasteiger partial charge in [-0.1, -0.05) is 6.07 Å². The van der Waals surface area contributed by atoms with Gasteiger partial charge in [0.05, 0.1) is 31.2 Å². The van der Waals surface area contributed by atoms with Crippen molar-refractivity contribution in [3.05, 3.63) is 22.4 Å². The van der Waals surface area contributed by atoms with Crippen molar-refractivity contribution in [2.24, 2.45) is 5.92 Å². The molecule has 2 heterocycles. The van der Waals surface area contributed by atoms with E-state index in [1.54, 1.807) is 23.3 Å². The minimum atomic E-state index is -0.168. The summed E-state index contributed by atoms with van der Waals surface area (Å²) < 4.78 is 5.42. The van der Waals surface area contributed by atoms with Crippen LogP contribution in [0.5, 0.6) is 0 Å². The molecule has 0 spiro atoms. The number of ether oxygens (including phenoxy) is 1. The summed E-state index contributed by atoms with van der Waals surface area (Å²) in [6.45, 7) is 6.02. The maximum absolute atomic E-state index is 12.2. The van der Waals surface area contributed by atoms with Crippen LogP contribution < -0.4 is 5.32 Å². The molecule has 0 unspecified atom stereocenters. The normalized spacial score (nSPS) is 18.0. The number of carbonyl (C=O) groups excluding carboxylic acids is 1. The molecule has 2 amide bonds. The second-order valence-corrected chi connectivity index (χ2v) is 6.76. The summed E-state index contributed by atoms with van der Waals surface area (Å²) in [6, 6.07) is 6.33. The number of nitrogens with zero attached hydrogens (tertiary/aromatic N) is 3. The molecule has 126 valence electrons. The Labute approximate surface area is 141 Å². The zero-order chi connectivity index (χ0) is 16.7. The van der Waals surface area contributed by atoms with Gasteiger partial charge in [-0.15, -0.1) is 11.3 Å². The van der Waals surface area contributed by atoms with Crippen LogP contribution in [0.15, 0.2) is 17.5 Å². The summed E-state index contributed by atoms with van der Waals surface area (Å²) in [6.07, 6.45) is 0. The molecule has 23 heavy (non-hydrogen) atoms. The molecule has 0 bridgehead atoms. The van der Waals surface area contributed by atoms with E-state index in [0.29, 0.717) is 13.1 Å². The molecule has 2 atom stereocenters. The number of nitrogens with one attached hydrogen (secondary N) is 1. The Balaban J connectivity index is 1.93. The summed E-state index contributed by atoms with van der Waals surface area (Å²) >= 11 is 1.71. The first-order chi connectivity index (χ1) is 11.1. The van der Waals surface area contributed by atoms with Crippen molar-refractivity contribution in [2.45, 2.75) is 13.0 Å². The highest BCUT2D eigenvalue weighted by Crippen LogP contribution is 2.25. The summed E-state index contributed by atoms with van der Waals surface area (Å²) in [7, 11) is 1.72. The van der Waals surface area contributed by atoms with Gasteiger partial charge in [-0.3, -0.25) is 4.90 Å². The smallest absolute Gasteiger partial charge is 0.317 e. The molecule has 0 radical (unpaired) electrons. The molecule has 7 heteroatoms. The van der Waals surface area contributed by atoms with Gasteiger partial charge in [-0.05, 0) is 18.4 Å². The van der Waals surface area contributed by atoms with Crippen LogP contribution >= 0.6 is 11.3 Å². The monoisotopic (exact) mass is 336 g/mol. The highest BCUT2D eigenvalue weighted by Gasteiger charge is 2.24. The maximum Gasteiger partial charge on any atom is 0.317 e. The third kappa shape index (κ3) is 5.20. The zero-order valence-corrected chi connectivity index (χ0v) is 14.5. The summed E-state index contributed by atoms with van der Waals surface area (Å²) in [4.78, 5) is 17.4. The molecule has 1 aromatic rings. The second kappa shape index (κ2) is 8.87. The molecule has 1 aliphatic heterocycles. The van der Waals surface area contributed by atoms with E-state index in [-0.39, 0.29) is 18.0 Å². The lowest BCUT2D eigenvalue weighted by molar-refractivity contribution is 0.0172. The van der Waals surface area contributed by atoms with E-state index in [1.165, 1.54) is 4.88 Å². The number of amides is 2. The number of nitriles is 1. The van der Waals surface area contributed by atoms with Crippen LogP contribution in [0.2, 0.25) is 0 Å². The van der Waals surface area contributed by atoms with Crippen molar-refractivity contribution in [3.63, 3.8) is 0 Å². The summed E-state index contributed by atoms with van der Waals surface area (Å²) in [5.41, 5.74) is 0. The Morgan fingerprint density at radius 2 is 2.30 bits per heavy atom.